The predicted octanol–water partition coefficient (Wildman–Crippen LogP) is 0.203. The normalized spacial score (nSPS) is 10.0. The van der Waals surface area contributed by atoms with E-state index in [0.29, 0.717) is 0 Å². The maximum atomic E-state index is 10.5. The standard InChI is InChI=1S/C6H12N2O/c1-3-4-5-6(9)8-7-2/h4-5,7H,3H2,1-2H3,(H,8,9). The first-order valence-electron chi connectivity index (χ1n) is 2.94. The van der Waals surface area contributed by atoms with Gasteiger partial charge in [0.25, 0.3) is 5.91 Å². The molecule has 0 aromatic rings. The van der Waals surface area contributed by atoms with Crippen LogP contribution < -0.4 is 10.9 Å². The second kappa shape index (κ2) is 5.31. The van der Waals surface area contributed by atoms with Gasteiger partial charge in [-0.25, -0.2) is 5.43 Å². The minimum atomic E-state index is -0.112. The molecule has 0 spiro atoms. The molecule has 0 heterocycles. The molecule has 0 unspecified atom stereocenters. The van der Waals surface area contributed by atoms with Crippen molar-refractivity contribution in [3.63, 3.8) is 0 Å². The Balaban J connectivity index is 3.37. The van der Waals surface area contributed by atoms with E-state index < -0.39 is 0 Å². The lowest BCUT2D eigenvalue weighted by Gasteiger charge is -1.94. The molecule has 0 saturated carbocycles. The summed E-state index contributed by atoms with van der Waals surface area (Å²) in [6.07, 6.45) is 4.18. The Labute approximate surface area is 55.1 Å². The molecule has 9 heavy (non-hydrogen) atoms. The van der Waals surface area contributed by atoms with E-state index in [0.717, 1.165) is 6.42 Å². The molecule has 0 aliphatic heterocycles. The maximum Gasteiger partial charge on any atom is 0.257 e. The van der Waals surface area contributed by atoms with E-state index in [1.54, 1.807) is 13.1 Å². The quantitative estimate of drug-likeness (QED) is 0.421. The van der Waals surface area contributed by atoms with Crippen molar-refractivity contribution in [2.75, 3.05) is 7.05 Å². The number of amides is 1. The third-order valence-corrected chi connectivity index (χ3v) is 0.753. The number of hydrogen-bond acceptors (Lipinski definition) is 2. The number of nitrogens with one attached hydrogen (secondary N) is 2. The van der Waals surface area contributed by atoms with Crippen LogP contribution in [0.3, 0.4) is 0 Å². The van der Waals surface area contributed by atoms with E-state index in [4.69, 9.17) is 0 Å². The average molecular weight is 128 g/mol. The topological polar surface area (TPSA) is 41.1 Å². The molecule has 0 saturated heterocycles. The van der Waals surface area contributed by atoms with E-state index in [1.165, 1.54) is 6.08 Å². The molecule has 0 aromatic heterocycles. The highest BCUT2D eigenvalue weighted by molar-refractivity contribution is 5.86. The van der Waals surface area contributed by atoms with E-state index in [2.05, 4.69) is 10.9 Å². The molecule has 0 fully saturated rings. The van der Waals surface area contributed by atoms with E-state index >= 15 is 0 Å². The second-order valence-electron chi connectivity index (χ2n) is 1.55. The van der Waals surface area contributed by atoms with Gasteiger partial charge >= 0.3 is 0 Å². The maximum absolute atomic E-state index is 10.5. The smallest absolute Gasteiger partial charge is 0.257 e. The Kier molecular flexibility index (Phi) is 4.82. The van der Waals surface area contributed by atoms with Crippen LogP contribution in [-0.2, 0) is 4.79 Å². The summed E-state index contributed by atoms with van der Waals surface area (Å²) in [6, 6.07) is 0. The summed E-state index contributed by atoms with van der Waals surface area (Å²) in [4.78, 5) is 10.5. The van der Waals surface area contributed by atoms with E-state index in [-0.39, 0.29) is 5.91 Å². The summed E-state index contributed by atoms with van der Waals surface area (Å²) in [7, 11) is 1.65. The second-order valence-corrected chi connectivity index (χ2v) is 1.55. The van der Waals surface area contributed by atoms with Gasteiger partial charge in [0.2, 0.25) is 0 Å². The van der Waals surface area contributed by atoms with Gasteiger partial charge in [-0.1, -0.05) is 13.0 Å². The molecule has 2 N–H and O–H groups in total. The van der Waals surface area contributed by atoms with Crippen LogP contribution in [0.15, 0.2) is 12.2 Å². The molecule has 3 nitrogen and oxygen atoms in total. The number of rotatable bonds is 3. The zero-order chi connectivity index (χ0) is 7.11. The minimum Gasteiger partial charge on any atom is -0.288 e. The van der Waals surface area contributed by atoms with Gasteiger partial charge in [-0.3, -0.25) is 10.2 Å². The van der Waals surface area contributed by atoms with Crippen LogP contribution in [0.2, 0.25) is 0 Å². The molecule has 0 atom stereocenters. The van der Waals surface area contributed by atoms with Crippen molar-refractivity contribution >= 4 is 5.91 Å². The van der Waals surface area contributed by atoms with E-state index in [1.807, 2.05) is 6.92 Å². The Morgan fingerprint density at radius 2 is 2.33 bits per heavy atom. The molecular formula is C6H12N2O. The SMILES string of the molecule is CCC=CC(=O)NNC. The molecule has 0 aliphatic carbocycles. The van der Waals surface area contributed by atoms with Crippen molar-refractivity contribution in [2.24, 2.45) is 0 Å². The number of hydrogen-bond donors (Lipinski definition) is 2. The highest BCUT2D eigenvalue weighted by Gasteiger charge is 1.86. The Hall–Kier alpha value is -0.830. The van der Waals surface area contributed by atoms with Crippen LogP contribution in [0.25, 0.3) is 0 Å². The van der Waals surface area contributed by atoms with Crippen LogP contribution in [0.5, 0.6) is 0 Å². The lowest BCUT2D eigenvalue weighted by molar-refractivity contribution is -0.117. The summed E-state index contributed by atoms with van der Waals surface area (Å²) in [5, 5.41) is 0. The van der Waals surface area contributed by atoms with Crippen LogP contribution in [0, 0.1) is 0 Å². The number of carbonyl (C=O) groups excluding carboxylic acids is 1. The third kappa shape index (κ3) is 5.03. The van der Waals surface area contributed by atoms with Crippen molar-refractivity contribution in [1.82, 2.24) is 10.9 Å². The third-order valence-electron chi connectivity index (χ3n) is 0.753. The number of carbonyl (C=O) groups is 1. The summed E-state index contributed by atoms with van der Waals surface area (Å²) in [5.41, 5.74) is 4.93. The number of hydrazine groups is 1. The Morgan fingerprint density at radius 1 is 1.67 bits per heavy atom. The molecule has 52 valence electrons. The molecule has 0 aliphatic rings. The fourth-order valence-corrected chi connectivity index (χ4v) is 0.390. The van der Waals surface area contributed by atoms with Crippen molar-refractivity contribution < 1.29 is 4.79 Å². The minimum absolute atomic E-state index is 0.112. The van der Waals surface area contributed by atoms with E-state index in [9.17, 15) is 4.79 Å². The zero-order valence-electron chi connectivity index (χ0n) is 5.77. The van der Waals surface area contributed by atoms with Crippen molar-refractivity contribution in [2.45, 2.75) is 13.3 Å². The highest BCUT2D eigenvalue weighted by atomic mass is 16.2. The van der Waals surface area contributed by atoms with Gasteiger partial charge in [-0.05, 0) is 6.42 Å². The van der Waals surface area contributed by atoms with Gasteiger partial charge in [0.05, 0.1) is 0 Å². The molecule has 0 bridgehead atoms. The van der Waals surface area contributed by atoms with Crippen LogP contribution in [-0.4, -0.2) is 13.0 Å². The van der Waals surface area contributed by atoms with Crippen LogP contribution in [0.1, 0.15) is 13.3 Å². The Morgan fingerprint density at radius 3 is 2.78 bits per heavy atom. The summed E-state index contributed by atoms with van der Waals surface area (Å²) in [5.74, 6) is -0.112. The molecule has 0 rings (SSSR count). The summed E-state index contributed by atoms with van der Waals surface area (Å²) in [6.45, 7) is 1.98. The fourth-order valence-electron chi connectivity index (χ4n) is 0.390. The van der Waals surface area contributed by atoms with Crippen molar-refractivity contribution in [1.29, 1.82) is 0 Å². The first kappa shape index (κ1) is 8.17. The molecule has 3 heteroatoms. The predicted molar refractivity (Wildman–Crippen MR) is 36.6 cm³/mol. The van der Waals surface area contributed by atoms with Gasteiger partial charge in [0, 0.05) is 13.1 Å². The van der Waals surface area contributed by atoms with Gasteiger partial charge in [0.15, 0.2) is 0 Å². The first-order valence-corrected chi connectivity index (χ1v) is 2.94. The van der Waals surface area contributed by atoms with Crippen LogP contribution >= 0.6 is 0 Å². The van der Waals surface area contributed by atoms with Gasteiger partial charge in [0.1, 0.15) is 0 Å². The molecular weight excluding hydrogens is 116 g/mol. The number of allylic oxidation sites excluding steroid dienone is 1. The van der Waals surface area contributed by atoms with Crippen molar-refractivity contribution in [3.8, 4) is 0 Å². The lowest BCUT2D eigenvalue weighted by Crippen LogP contribution is -2.32. The van der Waals surface area contributed by atoms with Gasteiger partial charge < -0.3 is 0 Å². The monoisotopic (exact) mass is 128 g/mol. The largest absolute Gasteiger partial charge is 0.288 e. The lowest BCUT2D eigenvalue weighted by atomic mass is 10.4. The average Bonchev–Trinajstić information content (AvgIpc) is 1.85. The van der Waals surface area contributed by atoms with Gasteiger partial charge in [-0.15, -0.1) is 0 Å². The van der Waals surface area contributed by atoms with Crippen molar-refractivity contribution in [3.05, 3.63) is 12.2 Å². The van der Waals surface area contributed by atoms with Gasteiger partial charge in [-0.2, -0.15) is 0 Å². The summed E-state index contributed by atoms with van der Waals surface area (Å²) < 4.78 is 0. The Bertz CT molecular complexity index is 110. The summed E-state index contributed by atoms with van der Waals surface area (Å²) >= 11 is 0. The molecule has 1 amide bonds. The highest BCUT2D eigenvalue weighted by Crippen LogP contribution is 1.77. The van der Waals surface area contributed by atoms with Crippen LogP contribution in [0.4, 0.5) is 0 Å². The molecule has 0 radical (unpaired) electrons. The fraction of sp³-hybridized carbons (Fsp3) is 0.500. The zero-order valence-corrected chi connectivity index (χ0v) is 5.77. The molecule has 0 aromatic carbocycles. The first-order chi connectivity index (χ1) is 4.31.